The summed E-state index contributed by atoms with van der Waals surface area (Å²) in [7, 11) is 1.28. The average molecular weight is 243 g/mol. The summed E-state index contributed by atoms with van der Waals surface area (Å²) in [5.41, 5.74) is 9.53. The molecule has 0 saturated heterocycles. The van der Waals surface area contributed by atoms with Crippen LogP contribution in [0.2, 0.25) is 0 Å². The van der Waals surface area contributed by atoms with E-state index < -0.39 is 5.97 Å². The third-order valence-electron chi connectivity index (χ3n) is 2.31. The minimum Gasteiger partial charge on any atom is -0.463 e. The molecule has 0 aliphatic carbocycles. The fourth-order valence-electron chi connectivity index (χ4n) is 1.51. The van der Waals surface area contributed by atoms with Crippen molar-refractivity contribution in [3.8, 4) is 11.3 Å². The van der Waals surface area contributed by atoms with Crippen molar-refractivity contribution < 1.29 is 13.9 Å². The maximum absolute atomic E-state index is 11.3. The van der Waals surface area contributed by atoms with Gasteiger partial charge in [0.25, 0.3) is 0 Å². The van der Waals surface area contributed by atoms with Gasteiger partial charge in [-0.05, 0) is 17.7 Å². The normalized spacial score (nSPS) is 9.61. The van der Waals surface area contributed by atoms with Gasteiger partial charge in [0.2, 0.25) is 5.76 Å². The van der Waals surface area contributed by atoms with Gasteiger partial charge in [-0.15, -0.1) is 0 Å². The third kappa shape index (κ3) is 2.18. The first-order valence-electron chi connectivity index (χ1n) is 5.09. The minimum atomic E-state index is -0.553. The summed E-state index contributed by atoms with van der Waals surface area (Å²) in [5, 5.41) is 3.56. The number of esters is 1. The van der Waals surface area contributed by atoms with E-state index in [1.54, 1.807) is 30.3 Å². The highest BCUT2D eigenvalue weighted by Gasteiger charge is 2.13. The summed E-state index contributed by atoms with van der Waals surface area (Å²) in [6.07, 6.45) is 0. The number of benzene rings is 1. The molecule has 18 heavy (non-hydrogen) atoms. The van der Waals surface area contributed by atoms with E-state index in [4.69, 9.17) is 9.95 Å². The van der Waals surface area contributed by atoms with Crippen molar-refractivity contribution in [1.82, 2.24) is 0 Å². The Morgan fingerprint density at radius 2 is 2.11 bits per heavy atom. The molecule has 2 aromatic rings. The van der Waals surface area contributed by atoms with E-state index in [0.717, 1.165) is 0 Å². The summed E-state index contributed by atoms with van der Waals surface area (Å²) >= 11 is 0. The van der Waals surface area contributed by atoms with Gasteiger partial charge in [-0.3, -0.25) is 0 Å². The molecule has 0 aliphatic rings. The average Bonchev–Trinajstić information content (AvgIpc) is 2.88. The molecule has 1 heterocycles. The van der Waals surface area contributed by atoms with Crippen molar-refractivity contribution in [2.24, 2.45) is 5.11 Å². The van der Waals surface area contributed by atoms with Gasteiger partial charge in [-0.2, -0.15) is 0 Å². The van der Waals surface area contributed by atoms with Crippen LogP contribution in [0.1, 0.15) is 10.6 Å². The molecule has 0 N–H and O–H groups in total. The van der Waals surface area contributed by atoms with E-state index in [0.29, 0.717) is 17.0 Å². The van der Waals surface area contributed by atoms with Crippen molar-refractivity contribution in [2.75, 3.05) is 7.11 Å². The Bertz CT molecular complexity index is 627. The number of ether oxygens (including phenoxy) is 1. The Hall–Kier alpha value is -2.72. The summed E-state index contributed by atoms with van der Waals surface area (Å²) in [5.74, 6) is -0.0100. The maximum atomic E-state index is 11.3. The highest BCUT2D eigenvalue weighted by atomic mass is 16.5. The summed E-state index contributed by atoms with van der Waals surface area (Å²) in [6, 6.07) is 10.1. The van der Waals surface area contributed by atoms with Crippen LogP contribution < -0.4 is 0 Å². The summed E-state index contributed by atoms with van der Waals surface area (Å²) in [4.78, 5) is 14.0. The van der Waals surface area contributed by atoms with Crippen LogP contribution >= 0.6 is 0 Å². The molecule has 2 rings (SSSR count). The standard InChI is InChI=1S/C12H9N3O3/c1-17-12(16)11-7-6-10(18-11)8-4-2-3-5-9(8)14-15-13/h2-7H,1H3. The van der Waals surface area contributed by atoms with E-state index in [1.165, 1.54) is 13.2 Å². The molecule has 0 amide bonds. The highest BCUT2D eigenvalue weighted by Crippen LogP contribution is 2.31. The number of carbonyl (C=O) groups excluding carboxylic acids is 1. The van der Waals surface area contributed by atoms with Crippen LogP contribution in [0.4, 0.5) is 5.69 Å². The van der Waals surface area contributed by atoms with Crippen LogP contribution in [0.5, 0.6) is 0 Å². The van der Waals surface area contributed by atoms with Gasteiger partial charge in [-0.1, -0.05) is 29.4 Å². The zero-order valence-corrected chi connectivity index (χ0v) is 9.53. The number of hydrogen-bond donors (Lipinski definition) is 0. The van der Waals surface area contributed by atoms with Gasteiger partial charge in [0, 0.05) is 16.2 Å². The third-order valence-corrected chi connectivity index (χ3v) is 2.31. The van der Waals surface area contributed by atoms with Crippen molar-refractivity contribution in [1.29, 1.82) is 0 Å². The molecule has 0 spiro atoms. The first-order valence-corrected chi connectivity index (χ1v) is 5.09. The predicted octanol–water partition coefficient (Wildman–Crippen LogP) is 3.68. The fraction of sp³-hybridized carbons (Fsp3) is 0.0833. The van der Waals surface area contributed by atoms with Crippen LogP contribution in [0.25, 0.3) is 21.8 Å². The number of furan rings is 1. The van der Waals surface area contributed by atoms with E-state index in [-0.39, 0.29) is 5.76 Å². The lowest BCUT2D eigenvalue weighted by molar-refractivity contribution is 0.0566. The quantitative estimate of drug-likeness (QED) is 0.356. The van der Waals surface area contributed by atoms with Crippen LogP contribution in [-0.2, 0) is 4.74 Å². The Morgan fingerprint density at radius 3 is 2.83 bits per heavy atom. The van der Waals surface area contributed by atoms with Crippen LogP contribution in [0, 0.1) is 0 Å². The first kappa shape index (κ1) is 11.8. The first-order chi connectivity index (χ1) is 8.76. The second-order valence-corrected chi connectivity index (χ2v) is 3.36. The molecule has 0 fully saturated rings. The van der Waals surface area contributed by atoms with E-state index in [9.17, 15) is 4.79 Å². The van der Waals surface area contributed by atoms with Gasteiger partial charge in [0.15, 0.2) is 0 Å². The molecule has 6 heteroatoms. The lowest BCUT2D eigenvalue weighted by atomic mass is 10.1. The maximum Gasteiger partial charge on any atom is 0.373 e. The molecule has 0 saturated carbocycles. The van der Waals surface area contributed by atoms with Crippen molar-refractivity contribution in [3.05, 3.63) is 52.6 Å². The Balaban J connectivity index is 2.46. The second-order valence-electron chi connectivity index (χ2n) is 3.36. The van der Waals surface area contributed by atoms with E-state index in [1.807, 2.05) is 0 Å². The molecule has 0 bridgehead atoms. The van der Waals surface area contributed by atoms with Gasteiger partial charge in [-0.25, -0.2) is 4.79 Å². The van der Waals surface area contributed by atoms with Gasteiger partial charge < -0.3 is 9.15 Å². The molecular weight excluding hydrogens is 234 g/mol. The van der Waals surface area contributed by atoms with Crippen LogP contribution in [-0.4, -0.2) is 13.1 Å². The Kier molecular flexibility index (Phi) is 3.31. The lowest BCUT2D eigenvalue weighted by Gasteiger charge is -2.00. The van der Waals surface area contributed by atoms with Gasteiger partial charge in [0.1, 0.15) is 5.76 Å². The van der Waals surface area contributed by atoms with E-state index >= 15 is 0 Å². The molecule has 1 aromatic heterocycles. The smallest absolute Gasteiger partial charge is 0.373 e. The van der Waals surface area contributed by atoms with Gasteiger partial charge >= 0.3 is 5.97 Å². The minimum absolute atomic E-state index is 0.100. The SMILES string of the molecule is COC(=O)c1ccc(-c2ccccc2N=[N+]=[N-])o1. The van der Waals surface area contributed by atoms with Crippen LogP contribution in [0.3, 0.4) is 0 Å². The molecule has 0 unspecified atom stereocenters. The predicted molar refractivity (Wildman–Crippen MR) is 64.3 cm³/mol. The monoisotopic (exact) mass is 243 g/mol. The fourth-order valence-corrected chi connectivity index (χ4v) is 1.51. The van der Waals surface area contributed by atoms with Crippen LogP contribution in [0.15, 0.2) is 45.9 Å². The van der Waals surface area contributed by atoms with Crippen molar-refractivity contribution >= 4 is 11.7 Å². The zero-order valence-electron chi connectivity index (χ0n) is 9.53. The Labute approximate surface area is 102 Å². The highest BCUT2D eigenvalue weighted by molar-refractivity contribution is 5.87. The molecule has 0 atom stereocenters. The zero-order chi connectivity index (χ0) is 13.0. The molecule has 90 valence electrons. The molecule has 1 aromatic carbocycles. The topological polar surface area (TPSA) is 88.2 Å². The van der Waals surface area contributed by atoms with Gasteiger partial charge in [0.05, 0.1) is 7.11 Å². The number of nitrogens with zero attached hydrogens (tertiary/aromatic N) is 3. The molecular formula is C12H9N3O3. The second kappa shape index (κ2) is 5.07. The Morgan fingerprint density at radius 1 is 1.33 bits per heavy atom. The summed E-state index contributed by atoms with van der Waals surface area (Å²) < 4.78 is 9.90. The van der Waals surface area contributed by atoms with E-state index in [2.05, 4.69) is 14.8 Å². The molecule has 0 radical (unpaired) electrons. The number of carbonyl (C=O) groups is 1. The van der Waals surface area contributed by atoms with Crippen molar-refractivity contribution in [3.63, 3.8) is 0 Å². The number of methoxy groups -OCH3 is 1. The number of azide groups is 1. The largest absolute Gasteiger partial charge is 0.463 e. The molecule has 6 nitrogen and oxygen atoms in total. The number of hydrogen-bond acceptors (Lipinski definition) is 4. The lowest BCUT2D eigenvalue weighted by Crippen LogP contribution is -1.98. The summed E-state index contributed by atoms with van der Waals surface area (Å²) in [6.45, 7) is 0. The van der Waals surface area contributed by atoms with Crippen molar-refractivity contribution in [2.45, 2.75) is 0 Å². The number of rotatable bonds is 3. The molecule has 0 aliphatic heterocycles.